The normalized spacial score (nSPS) is 33.7. The van der Waals surface area contributed by atoms with E-state index in [2.05, 4.69) is 0 Å². The van der Waals surface area contributed by atoms with Crippen LogP contribution in [0.1, 0.15) is 19.8 Å². The Morgan fingerprint density at radius 1 is 1.71 bits per heavy atom. The Labute approximate surface area is 101 Å². The van der Waals surface area contributed by atoms with Crippen molar-refractivity contribution in [1.82, 2.24) is 4.90 Å². The molecule has 0 aromatic heterocycles. The average molecular weight is 241 g/mol. The van der Waals surface area contributed by atoms with E-state index in [1.807, 2.05) is 6.92 Å². The molecule has 3 unspecified atom stereocenters. The van der Waals surface area contributed by atoms with E-state index in [1.165, 1.54) is 7.11 Å². The first-order valence-electron chi connectivity index (χ1n) is 6.04. The standard InChI is InChI=1S/C12H19NO4/c1-4-8(10(14)16-3)9-5-6-13(2)11(15)12(9)7-17-12/h8-9H,4-7H2,1-3H3. The van der Waals surface area contributed by atoms with Crippen LogP contribution in [0, 0.1) is 11.8 Å². The summed E-state index contributed by atoms with van der Waals surface area (Å²) in [6.45, 7) is 3.07. The predicted octanol–water partition coefficient (Wildman–Crippen LogP) is 0.433. The molecule has 2 saturated heterocycles. The molecule has 0 aromatic rings. The van der Waals surface area contributed by atoms with E-state index < -0.39 is 5.60 Å². The van der Waals surface area contributed by atoms with Gasteiger partial charge in [0.25, 0.3) is 5.91 Å². The summed E-state index contributed by atoms with van der Waals surface area (Å²) in [5, 5.41) is 0. The quantitative estimate of drug-likeness (QED) is 0.531. The number of ether oxygens (including phenoxy) is 2. The van der Waals surface area contributed by atoms with Gasteiger partial charge in [0, 0.05) is 19.5 Å². The Bertz CT molecular complexity index is 337. The summed E-state index contributed by atoms with van der Waals surface area (Å²) >= 11 is 0. The van der Waals surface area contributed by atoms with Gasteiger partial charge < -0.3 is 14.4 Å². The molecule has 2 aliphatic heterocycles. The van der Waals surface area contributed by atoms with Crippen LogP contribution in [-0.4, -0.2) is 49.7 Å². The SMILES string of the molecule is CCC(C(=O)OC)C1CCN(C)C(=O)C12CO2. The van der Waals surface area contributed by atoms with Crippen LogP contribution in [0.4, 0.5) is 0 Å². The average Bonchev–Trinajstić information content (AvgIpc) is 3.11. The van der Waals surface area contributed by atoms with Crippen LogP contribution in [0.15, 0.2) is 0 Å². The number of carbonyl (C=O) groups excluding carboxylic acids is 2. The van der Waals surface area contributed by atoms with Gasteiger partial charge in [-0.2, -0.15) is 0 Å². The second-order valence-corrected chi connectivity index (χ2v) is 4.84. The van der Waals surface area contributed by atoms with Crippen LogP contribution in [0.3, 0.4) is 0 Å². The first kappa shape index (κ1) is 12.4. The van der Waals surface area contributed by atoms with Gasteiger partial charge in [0.2, 0.25) is 0 Å². The number of likely N-dealkylation sites (N-methyl/N-ethyl adjacent to an activating group) is 1. The van der Waals surface area contributed by atoms with E-state index >= 15 is 0 Å². The number of rotatable bonds is 3. The van der Waals surface area contributed by atoms with E-state index in [-0.39, 0.29) is 23.7 Å². The fraction of sp³-hybridized carbons (Fsp3) is 0.833. The minimum absolute atomic E-state index is 0.0103. The number of amides is 1. The maximum absolute atomic E-state index is 12.1. The first-order chi connectivity index (χ1) is 8.06. The Morgan fingerprint density at radius 3 is 2.82 bits per heavy atom. The van der Waals surface area contributed by atoms with Crippen molar-refractivity contribution in [3.05, 3.63) is 0 Å². The van der Waals surface area contributed by atoms with Crippen molar-refractivity contribution in [2.24, 2.45) is 11.8 Å². The summed E-state index contributed by atoms with van der Waals surface area (Å²) in [4.78, 5) is 25.5. The van der Waals surface area contributed by atoms with Crippen molar-refractivity contribution in [2.45, 2.75) is 25.4 Å². The number of methoxy groups -OCH3 is 1. The zero-order valence-electron chi connectivity index (χ0n) is 10.6. The van der Waals surface area contributed by atoms with E-state index in [9.17, 15) is 9.59 Å². The number of hydrogen-bond donors (Lipinski definition) is 0. The topological polar surface area (TPSA) is 59.1 Å². The first-order valence-corrected chi connectivity index (χ1v) is 6.04. The zero-order chi connectivity index (χ0) is 12.6. The molecule has 2 fully saturated rings. The monoisotopic (exact) mass is 241 g/mol. The number of likely N-dealkylation sites (tertiary alicyclic amines) is 1. The number of hydrogen-bond acceptors (Lipinski definition) is 4. The number of carbonyl (C=O) groups is 2. The summed E-state index contributed by atoms with van der Waals surface area (Å²) in [5.41, 5.74) is -0.734. The third kappa shape index (κ3) is 1.82. The molecule has 0 aromatic carbocycles. The van der Waals surface area contributed by atoms with Crippen LogP contribution in [0.2, 0.25) is 0 Å². The van der Waals surface area contributed by atoms with E-state index in [0.29, 0.717) is 19.6 Å². The van der Waals surface area contributed by atoms with Gasteiger partial charge in [-0.15, -0.1) is 0 Å². The lowest BCUT2D eigenvalue weighted by Gasteiger charge is -2.37. The molecule has 17 heavy (non-hydrogen) atoms. The number of nitrogens with zero attached hydrogens (tertiary/aromatic N) is 1. The van der Waals surface area contributed by atoms with E-state index in [4.69, 9.17) is 9.47 Å². The van der Waals surface area contributed by atoms with Gasteiger partial charge in [-0.05, 0) is 12.8 Å². The molecular formula is C12H19NO4. The molecule has 0 radical (unpaired) electrons. The highest BCUT2D eigenvalue weighted by Gasteiger charge is 2.63. The van der Waals surface area contributed by atoms with Gasteiger partial charge in [0.1, 0.15) is 0 Å². The lowest BCUT2D eigenvalue weighted by atomic mass is 9.75. The minimum atomic E-state index is -0.734. The number of piperidine rings is 1. The molecule has 3 atom stereocenters. The Morgan fingerprint density at radius 2 is 2.35 bits per heavy atom. The molecule has 96 valence electrons. The van der Waals surface area contributed by atoms with Crippen LogP contribution in [-0.2, 0) is 19.1 Å². The molecule has 2 aliphatic rings. The van der Waals surface area contributed by atoms with Crippen LogP contribution < -0.4 is 0 Å². The third-order valence-electron chi connectivity index (χ3n) is 3.97. The van der Waals surface area contributed by atoms with Crippen molar-refractivity contribution in [3.63, 3.8) is 0 Å². The molecule has 0 N–H and O–H groups in total. The molecule has 1 spiro atoms. The fourth-order valence-corrected chi connectivity index (χ4v) is 2.86. The highest BCUT2D eigenvalue weighted by Crippen LogP contribution is 2.46. The third-order valence-corrected chi connectivity index (χ3v) is 3.97. The largest absolute Gasteiger partial charge is 0.469 e. The van der Waals surface area contributed by atoms with Crippen molar-refractivity contribution in [1.29, 1.82) is 0 Å². The van der Waals surface area contributed by atoms with E-state index in [1.54, 1.807) is 11.9 Å². The van der Waals surface area contributed by atoms with Gasteiger partial charge in [-0.1, -0.05) is 6.92 Å². The lowest BCUT2D eigenvalue weighted by Crippen LogP contribution is -2.53. The lowest BCUT2D eigenvalue weighted by molar-refractivity contribution is -0.154. The summed E-state index contributed by atoms with van der Waals surface area (Å²) < 4.78 is 10.2. The molecular weight excluding hydrogens is 222 g/mol. The highest BCUT2D eigenvalue weighted by atomic mass is 16.6. The van der Waals surface area contributed by atoms with Crippen molar-refractivity contribution in [3.8, 4) is 0 Å². The molecule has 0 aliphatic carbocycles. The van der Waals surface area contributed by atoms with Crippen molar-refractivity contribution < 1.29 is 19.1 Å². The van der Waals surface area contributed by atoms with Crippen LogP contribution >= 0.6 is 0 Å². The minimum Gasteiger partial charge on any atom is -0.469 e. The Kier molecular flexibility index (Phi) is 3.12. The smallest absolute Gasteiger partial charge is 0.309 e. The van der Waals surface area contributed by atoms with Crippen molar-refractivity contribution >= 4 is 11.9 Å². The molecule has 5 heteroatoms. The maximum Gasteiger partial charge on any atom is 0.309 e. The summed E-state index contributed by atoms with van der Waals surface area (Å²) in [5.74, 6) is -0.496. The highest BCUT2D eigenvalue weighted by molar-refractivity contribution is 5.90. The van der Waals surface area contributed by atoms with Gasteiger partial charge in [0.05, 0.1) is 19.6 Å². The molecule has 2 heterocycles. The second kappa shape index (κ2) is 4.29. The molecule has 0 saturated carbocycles. The number of epoxide rings is 1. The maximum atomic E-state index is 12.1. The van der Waals surface area contributed by atoms with Gasteiger partial charge in [-0.3, -0.25) is 9.59 Å². The van der Waals surface area contributed by atoms with Gasteiger partial charge in [0.15, 0.2) is 5.60 Å². The number of esters is 1. The van der Waals surface area contributed by atoms with Gasteiger partial charge >= 0.3 is 5.97 Å². The second-order valence-electron chi connectivity index (χ2n) is 4.84. The summed E-state index contributed by atoms with van der Waals surface area (Å²) in [6.07, 6.45) is 1.48. The predicted molar refractivity (Wildman–Crippen MR) is 60.2 cm³/mol. The van der Waals surface area contributed by atoms with Gasteiger partial charge in [-0.25, -0.2) is 0 Å². The Hall–Kier alpha value is -1.10. The molecule has 0 bridgehead atoms. The van der Waals surface area contributed by atoms with Crippen LogP contribution in [0.25, 0.3) is 0 Å². The Balaban J connectivity index is 2.20. The van der Waals surface area contributed by atoms with Crippen molar-refractivity contribution in [2.75, 3.05) is 27.3 Å². The van der Waals surface area contributed by atoms with E-state index in [0.717, 1.165) is 6.42 Å². The summed E-state index contributed by atoms with van der Waals surface area (Å²) in [6, 6.07) is 0. The zero-order valence-corrected chi connectivity index (χ0v) is 10.6. The molecule has 1 amide bonds. The fourth-order valence-electron chi connectivity index (χ4n) is 2.86. The summed E-state index contributed by atoms with van der Waals surface area (Å²) in [7, 11) is 3.17. The molecule has 2 rings (SSSR count). The van der Waals surface area contributed by atoms with Crippen LogP contribution in [0.5, 0.6) is 0 Å². The molecule has 5 nitrogen and oxygen atoms in total.